The van der Waals surface area contributed by atoms with Gasteiger partial charge in [0.05, 0.1) is 0 Å². The van der Waals surface area contributed by atoms with Gasteiger partial charge in [0, 0.05) is 13.0 Å². The molecule has 1 unspecified atom stereocenters. The summed E-state index contributed by atoms with van der Waals surface area (Å²) in [6.45, 7) is 2.01. The van der Waals surface area contributed by atoms with Crippen molar-refractivity contribution in [2.24, 2.45) is 0 Å². The Kier molecular flexibility index (Phi) is 4.02. The average molecular weight is 322 g/mol. The Morgan fingerprint density at radius 3 is 2.65 bits per heavy atom. The van der Waals surface area contributed by atoms with Crippen LogP contribution in [0.1, 0.15) is 30.5 Å². The fourth-order valence-corrected chi connectivity index (χ4v) is 3.01. The number of hydrogen-bond acceptors (Lipinski definition) is 2. The minimum absolute atomic E-state index is 0.0485. The molecule has 1 saturated heterocycles. The third-order valence-corrected chi connectivity index (χ3v) is 4.15. The maximum atomic E-state index is 13.7. The van der Waals surface area contributed by atoms with Gasteiger partial charge in [-0.2, -0.15) is 13.2 Å². The molecule has 0 saturated carbocycles. The summed E-state index contributed by atoms with van der Waals surface area (Å²) in [5.74, 6) is -0.381. The number of carbonyl (C=O) groups is 1. The fraction of sp³-hybridized carbons (Fsp3) is 0.353. The zero-order chi connectivity index (χ0) is 16.6. The molecule has 1 aliphatic rings. The molecular weight excluding hydrogens is 305 g/mol. The van der Waals surface area contributed by atoms with Gasteiger partial charge in [-0.05, 0) is 28.3 Å². The molecule has 1 aliphatic heterocycles. The zero-order valence-corrected chi connectivity index (χ0v) is 12.7. The molecule has 2 aromatic carbocycles. The molecule has 0 aliphatic carbocycles. The van der Waals surface area contributed by atoms with Crippen molar-refractivity contribution in [1.29, 1.82) is 0 Å². The molecule has 1 N–H and O–H groups in total. The molecule has 1 heterocycles. The largest absolute Gasteiger partial charge is 0.409 e. The van der Waals surface area contributed by atoms with E-state index in [0.29, 0.717) is 5.39 Å². The number of hydrazine groups is 1. The van der Waals surface area contributed by atoms with Crippen LogP contribution in [0.4, 0.5) is 13.2 Å². The van der Waals surface area contributed by atoms with E-state index in [1.807, 2.05) is 19.1 Å². The predicted octanol–water partition coefficient (Wildman–Crippen LogP) is 3.74. The Labute approximate surface area is 132 Å². The van der Waals surface area contributed by atoms with Gasteiger partial charge in [0.1, 0.15) is 0 Å². The average Bonchev–Trinajstić information content (AvgIpc) is 2.92. The molecule has 3 nitrogen and oxygen atoms in total. The first-order valence-corrected chi connectivity index (χ1v) is 7.54. The lowest BCUT2D eigenvalue weighted by molar-refractivity contribution is -0.190. The van der Waals surface area contributed by atoms with Crippen molar-refractivity contribution in [3.05, 3.63) is 47.5 Å². The second-order valence-electron chi connectivity index (χ2n) is 5.68. The van der Waals surface area contributed by atoms with Crippen molar-refractivity contribution >= 4 is 16.7 Å². The molecule has 6 heteroatoms. The van der Waals surface area contributed by atoms with Gasteiger partial charge in [0.25, 0.3) is 0 Å². The number of hydrogen-bond donors (Lipinski definition) is 1. The van der Waals surface area contributed by atoms with Crippen molar-refractivity contribution in [2.75, 3.05) is 6.54 Å². The van der Waals surface area contributed by atoms with Gasteiger partial charge in [0.2, 0.25) is 5.91 Å². The Bertz CT molecular complexity index is 742. The van der Waals surface area contributed by atoms with Crippen LogP contribution in [0.2, 0.25) is 0 Å². The molecule has 0 radical (unpaired) electrons. The maximum absolute atomic E-state index is 13.7. The first kappa shape index (κ1) is 15.8. The summed E-state index contributed by atoms with van der Waals surface area (Å²) < 4.78 is 41.1. The van der Waals surface area contributed by atoms with Gasteiger partial charge in [-0.15, -0.1) is 0 Å². The zero-order valence-electron chi connectivity index (χ0n) is 12.7. The highest BCUT2D eigenvalue weighted by Crippen LogP contribution is 2.40. The molecule has 23 heavy (non-hydrogen) atoms. The lowest BCUT2D eigenvalue weighted by Gasteiger charge is -2.30. The van der Waals surface area contributed by atoms with E-state index >= 15 is 0 Å². The Morgan fingerprint density at radius 2 is 2.04 bits per heavy atom. The number of halogens is 3. The fourth-order valence-electron chi connectivity index (χ4n) is 3.01. The van der Waals surface area contributed by atoms with Crippen molar-refractivity contribution < 1.29 is 18.0 Å². The summed E-state index contributed by atoms with van der Waals surface area (Å²) in [5.41, 5.74) is 3.48. The van der Waals surface area contributed by atoms with Crippen molar-refractivity contribution in [3.63, 3.8) is 0 Å². The number of fused-ring (bicyclic) bond motifs is 1. The smallest absolute Gasteiger partial charge is 0.288 e. The molecule has 1 atom stereocenters. The van der Waals surface area contributed by atoms with E-state index in [1.165, 1.54) is 6.07 Å². The standard InChI is InChI=1S/C17H17F3N2O/c1-2-11-6-7-12-4-3-5-13(14(12)10-11)16(17(18,19)20)22-9-8-15(23)21-22/h3-7,10,16H,2,8-9H2,1H3,(H,21,23). The third kappa shape index (κ3) is 3.03. The molecule has 0 aromatic heterocycles. The first-order chi connectivity index (χ1) is 10.9. The minimum Gasteiger partial charge on any atom is -0.288 e. The van der Waals surface area contributed by atoms with E-state index in [4.69, 9.17) is 0 Å². The van der Waals surface area contributed by atoms with Crippen LogP contribution < -0.4 is 5.43 Å². The number of amides is 1. The quantitative estimate of drug-likeness (QED) is 0.933. The number of carbonyl (C=O) groups excluding carboxylic acids is 1. The van der Waals surface area contributed by atoms with Gasteiger partial charge in [0.15, 0.2) is 6.04 Å². The van der Waals surface area contributed by atoms with Crippen molar-refractivity contribution in [2.45, 2.75) is 32.0 Å². The van der Waals surface area contributed by atoms with Gasteiger partial charge in [-0.25, -0.2) is 5.01 Å². The van der Waals surface area contributed by atoms with Crippen LogP contribution in [0.15, 0.2) is 36.4 Å². The maximum Gasteiger partial charge on any atom is 0.409 e. The second kappa shape index (κ2) is 5.85. The highest BCUT2D eigenvalue weighted by Gasteiger charge is 2.47. The Balaban J connectivity index is 2.15. The van der Waals surface area contributed by atoms with E-state index in [-0.39, 0.29) is 24.4 Å². The number of nitrogens with one attached hydrogen (secondary N) is 1. The third-order valence-electron chi connectivity index (χ3n) is 4.15. The van der Waals surface area contributed by atoms with Gasteiger partial charge in [-0.3, -0.25) is 10.2 Å². The molecule has 0 bridgehead atoms. The summed E-state index contributed by atoms with van der Waals surface area (Å²) in [7, 11) is 0. The van der Waals surface area contributed by atoms with Crippen LogP contribution in [0.3, 0.4) is 0 Å². The van der Waals surface area contributed by atoms with E-state index in [2.05, 4.69) is 5.43 Å². The van der Waals surface area contributed by atoms with E-state index in [1.54, 1.807) is 18.2 Å². The van der Waals surface area contributed by atoms with Crippen LogP contribution in [0.25, 0.3) is 10.8 Å². The number of nitrogens with zero attached hydrogens (tertiary/aromatic N) is 1. The predicted molar refractivity (Wildman–Crippen MR) is 81.6 cm³/mol. The van der Waals surface area contributed by atoms with Gasteiger partial charge >= 0.3 is 6.18 Å². The highest BCUT2D eigenvalue weighted by atomic mass is 19.4. The van der Waals surface area contributed by atoms with Crippen LogP contribution >= 0.6 is 0 Å². The molecule has 3 rings (SSSR count). The second-order valence-corrected chi connectivity index (χ2v) is 5.68. The number of benzene rings is 2. The number of aryl methyl sites for hydroxylation is 1. The van der Waals surface area contributed by atoms with E-state index in [0.717, 1.165) is 22.4 Å². The molecule has 2 aromatic rings. The Morgan fingerprint density at radius 1 is 1.26 bits per heavy atom. The molecule has 1 amide bonds. The summed E-state index contributed by atoms with van der Waals surface area (Å²) >= 11 is 0. The van der Waals surface area contributed by atoms with Crippen LogP contribution in [-0.4, -0.2) is 23.6 Å². The SMILES string of the molecule is CCc1ccc2cccc(C(N3CCC(=O)N3)C(F)(F)F)c2c1. The Hall–Kier alpha value is -2.08. The minimum atomic E-state index is -4.48. The summed E-state index contributed by atoms with van der Waals surface area (Å²) in [6.07, 6.45) is -3.65. The van der Waals surface area contributed by atoms with Crippen molar-refractivity contribution in [3.8, 4) is 0 Å². The number of alkyl halides is 3. The normalized spacial score (nSPS) is 17.5. The van der Waals surface area contributed by atoms with E-state index < -0.39 is 12.2 Å². The lowest BCUT2D eigenvalue weighted by atomic mass is 9.96. The summed E-state index contributed by atoms with van der Waals surface area (Å²) in [6, 6.07) is 8.64. The number of rotatable bonds is 3. The topological polar surface area (TPSA) is 32.3 Å². The van der Waals surface area contributed by atoms with Crippen LogP contribution in [0.5, 0.6) is 0 Å². The summed E-state index contributed by atoms with van der Waals surface area (Å²) in [4.78, 5) is 11.4. The molecular formula is C17H17F3N2O. The molecule has 1 fully saturated rings. The van der Waals surface area contributed by atoms with Gasteiger partial charge in [-0.1, -0.05) is 43.3 Å². The highest BCUT2D eigenvalue weighted by molar-refractivity contribution is 5.87. The van der Waals surface area contributed by atoms with E-state index in [9.17, 15) is 18.0 Å². The van der Waals surface area contributed by atoms with Crippen LogP contribution in [0, 0.1) is 0 Å². The van der Waals surface area contributed by atoms with Crippen LogP contribution in [-0.2, 0) is 11.2 Å². The van der Waals surface area contributed by atoms with Crippen molar-refractivity contribution in [1.82, 2.24) is 10.4 Å². The summed E-state index contributed by atoms with van der Waals surface area (Å²) in [5, 5.41) is 2.34. The monoisotopic (exact) mass is 322 g/mol. The first-order valence-electron chi connectivity index (χ1n) is 7.54. The lowest BCUT2D eigenvalue weighted by Crippen LogP contribution is -2.43. The molecule has 122 valence electrons. The molecule has 0 spiro atoms. The van der Waals surface area contributed by atoms with Gasteiger partial charge < -0.3 is 0 Å².